The van der Waals surface area contributed by atoms with Gasteiger partial charge >= 0.3 is 12.2 Å². The molecule has 166 valence electrons. The van der Waals surface area contributed by atoms with Gasteiger partial charge in [-0.05, 0) is 92.0 Å². The van der Waals surface area contributed by atoms with Crippen LogP contribution in [0.1, 0.15) is 66.1 Å². The average molecular weight is 481 g/mol. The molecule has 1 aromatic carbocycles. The second kappa shape index (κ2) is 9.00. The molecule has 0 aliphatic heterocycles. The normalized spacial score (nSPS) is 13.2. The van der Waals surface area contributed by atoms with Crippen LogP contribution in [0.15, 0.2) is 22.7 Å². The standard InChI is InChI=1S/C23H33BrN2O4/c1-14(25-20(27)29-22(3,4)5)9-11-18-15(2)17-13-16(24)10-12-19(17)26(18)21(28)30-23(6,7)8/h10,12-14H,9,11H2,1-8H3,(H,25,27). The molecule has 1 amide bonds. The number of rotatable bonds is 4. The molecule has 2 aromatic rings. The van der Waals surface area contributed by atoms with Crippen molar-refractivity contribution >= 4 is 39.0 Å². The monoisotopic (exact) mass is 480 g/mol. The smallest absolute Gasteiger partial charge is 0.419 e. The van der Waals surface area contributed by atoms with Crippen molar-refractivity contribution in [3.8, 4) is 0 Å². The predicted octanol–water partition coefficient (Wildman–Crippen LogP) is 6.34. The molecule has 0 radical (unpaired) electrons. The number of alkyl carbamates (subject to hydrolysis) is 1. The Bertz CT molecular complexity index is 935. The highest BCUT2D eigenvalue weighted by atomic mass is 79.9. The van der Waals surface area contributed by atoms with E-state index in [9.17, 15) is 9.59 Å². The lowest BCUT2D eigenvalue weighted by molar-refractivity contribution is 0.0498. The third-order valence-corrected chi connectivity index (χ3v) is 4.95. The number of nitrogens with zero attached hydrogens (tertiary/aromatic N) is 1. The topological polar surface area (TPSA) is 69.6 Å². The van der Waals surface area contributed by atoms with Crippen LogP contribution in [0.2, 0.25) is 0 Å². The van der Waals surface area contributed by atoms with Crippen LogP contribution in [0.25, 0.3) is 10.9 Å². The van der Waals surface area contributed by atoms with Crippen molar-refractivity contribution in [2.45, 2.75) is 85.5 Å². The molecule has 1 unspecified atom stereocenters. The van der Waals surface area contributed by atoms with E-state index < -0.39 is 23.4 Å². The van der Waals surface area contributed by atoms with Crippen molar-refractivity contribution in [2.24, 2.45) is 0 Å². The fourth-order valence-corrected chi connectivity index (χ4v) is 3.58. The van der Waals surface area contributed by atoms with Gasteiger partial charge in [0.25, 0.3) is 0 Å². The summed E-state index contributed by atoms with van der Waals surface area (Å²) in [5.41, 5.74) is 1.58. The molecule has 6 nitrogen and oxygen atoms in total. The first kappa shape index (κ1) is 24.3. The minimum atomic E-state index is -0.597. The summed E-state index contributed by atoms with van der Waals surface area (Å²) in [6.07, 6.45) is 0.420. The Labute approximate surface area is 187 Å². The van der Waals surface area contributed by atoms with Gasteiger partial charge in [-0.1, -0.05) is 15.9 Å². The van der Waals surface area contributed by atoms with Gasteiger partial charge in [0, 0.05) is 21.6 Å². The van der Waals surface area contributed by atoms with Crippen molar-refractivity contribution in [3.05, 3.63) is 33.9 Å². The van der Waals surface area contributed by atoms with Crippen LogP contribution in [0, 0.1) is 6.92 Å². The van der Waals surface area contributed by atoms with Gasteiger partial charge in [0.1, 0.15) is 11.2 Å². The molecule has 0 saturated carbocycles. The fourth-order valence-electron chi connectivity index (χ4n) is 3.22. The molecule has 0 fully saturated rings. The number of hydrogen-bond donors (Lipinski definition) is 1. The van der Waals surface area contributed by atoms with Crippen LogP contribution in [0.3, 0.4) is 0 Å². The lowest BCUT2D eigenvalue weighted by Crippen LogP contribution is -2.38. The zero-order valence-electron chi connectivity index (χ0n) is 19.2. The molecule has 0 saturated heterocycles. The van der Waals surface area contributed by atoms with Crippen molar-refractivity contribution in [3.63, 3.8) is 0 Å². The highest BCUT2D eigenvalue weighted by Gasteiger charge is 2.25. The van der Waals surface area contributed by atoms with Gasteiger partial charge in [-0.15, -0.1) is 0 Å². The van der Waals surface area contributed by atoms with Gasteiger partial charge in [-0.3, -0.25) is 0 Å². The van der Waals surface area contributed by atoms with Gasteiger partial charge in [-0.2, -0.15) is 0 Å². The Morgan fingerprint density at radius 3 is 2.27 bits per heavy atom. The number of carbonyl (C=O) groups excluding carboxylic acids is 2. The van der Waals surface area contributed by atoms with E-state index in [0.29, 0.717) is 12.8 Å². The van der Waals surface area contributed by atoms with E-state index in [-0.39, 0.29) is 6.04 Å². The molecule has 1 aromatic heterocycles. The summed E-state index contributed by atoms with van der Waals surface area (Å²) in [4.78, 5) is 25.1. The number of halogens is 1. The Morgan fingerprint density at radius 1 is 1.10 bits per heavy atom. The van der Waals surface area contributed by atoms with Gasteiger partial charge in [0.15, 0.2) is 0 Å². The second-order valence-corrected chi connectivity index (χ2v) is 10.6. The molecular formula is C23H33BrN2O4. The van der Waals surface area contributed by atoms with Gasteiger partial charge in [-0.25, -0.2) is 14.2 Å². The van der Waals surface area contributed by atoms with E-state index in [2.05, 4.69) is 21.2 Å². The number of fused-ring (bicyclic) bond motifs is 1. The fraction of sp³-hybridized carbons (Fsp3) is 0.565. The number of hydrogen-bond acceptors (Lipinski definition) is 4. The number of aryl methyl sites for hydroxylation is 1. The molecule has 1 N–H and O–H groups in total. The van der Waals surface area contributed by atoms with E-state index in [1.54, 1.807) is 4.57 Å². The van der Waals surface area contributed by atoms with Crippen LogP contribution in [-0.2, 0) is 15.9 Å². The largest absolute Gasteiger partial charge is 0.444 e. The molecule has 2 rings (SSSR count). The van der Waals surface area contributed by atoms with Crippen LogP contribution in [0.4, 0.5) is 9.59 Å². The average Bonchev–Trinajstić information content (AvgIpc) is 2.81. The van der Waals surface area contributed by atoms with Crippen molar-refractivity contribution < 1.29 is 19.1 Å². The highest BCUT2D eigenvalue weighted by molar-refractivity contribution is 9.10. The van der Waals surface area contributed by atoms with Gasteiger partial charge in [0.2, 0.25) is 0 Å². The van der Waals surface area contributed by atoms with E-state index in [1.165, 1.54) is 0 Å². The summed E-state index contributed by atoms with van der Waals surface area (Å²) < 4.78 is 13.6. The quantitative estimate of drug-likeness (QED) is 0.553. The maximum atomic E-state index is 13.0. The van der Waals surface area contributed by atoms with E-state index >= 15 is 0 Å². The molecule has 1 atom stereocenters. The lowest BCUT2D eigenvalue weighted by Gasteiger charge is -2.23. The first-order valence-corrected chi connectivity index (χ1v) is 11.0. The third-order valence-electron chi connectivity index (χ3n) is 4.46. The Kier molecular flexibility index (Phi) is 7.28. The maximum absolute atomic E-state index is 13.0. The van der Waals surface area contributed by atoms with Crippen LogP contribution >= 0.6 is 15.9 Å². The number of ether oxygens (including phenoxy) is 2. The summed E-state index contributed by atoms with van der Waals surface area (Å²) in [5, 5.41) is 3.86. The summed E-state index contributed by atoms with van der Waals surface area (Å²) >= 11 is 3.51. The molecule has 0 spiro atoms. The van der Waals surface area contributed by atoms with Gasteiger partial charge < -0.3 is 14.8 Å². The Morgan fingerprint density at radius 2 is 1.70 bits per heavy atom. The number of benzene rings is 1. The van der Waals surface area contributed by atoms with E-state index in [4.69, 9.17) is 9.47 Å². The molecule has 0 bridgehead atoms. The first-order valence-electron chi connectivity index (χ1n) is 10.2. The highest BCUT2D eigenvalue weighted by Crippen LogP contribution is 2.30. The molecule has 0 aliphatic rings. The molecule has 7 heteroatoms. The van der Waals surface area contributed by atoms with Crippen molar-refractivity contribution in [1.29, 1.82) is 0 Å². The summed E-state index contributed by atoms with van der Waals surface area (Å²) in [7, 11) is 0. The zero-order chi connectivity index (χ0) is 22.9. The van der Waals surface area contributed by atoms with Crippen molar-refractivity contribution in [2.75, 3.05) is 0 Å². The zero-order valence-corrected chi connectivity index (χ0v) is 20.8. The lowest BCUT2D eigenvalue weighted by atomic mass is 10.1. The van der Waals surface area contributed by atoms with Crippen LogP contribution < -0.4 is 5.32 Å². The maximum Gasteiger partial charge on any atom is 0.419 e. The number of nitrogens with one attached hydrogen (secondary N) is 1. The SMILES string of the molecule is Cc1c(CCC(C)NC(=O)OC(C)(C)C)n(C(=O)OC(C)(C)C)c2ccc(Br)cc12. The second-order valence-electron chi connectivity index (χ2n) is 9.63. The van der Waals surface area contributed by atoms with E-state index in [0.717, 1.165) is 26.6 Å². The molecule has 0 aliphatic carbocycles. The van der Waals surface area contributed by atoms with E-state index in [1.807, 2.05) is 73.6 Å². The van der Waals surface area contributed by atoms with Crippen molar-refractivity contribution in [1.82, 2.24) is 9.88 Å². The van der Waals surface area contributed by atoms with Gasteiger partial charge in [0.05, 0.1) is 5.52 Å². The summed E-state index contributed by atoms with van der Waals surface area (Å²) in [5.74, 6) is 0. The summed E-state index contributed by atoms with van der Waals surface area (Å²) in [6, 6.07) is 5.73. The summed E-state index contributed by atoms with van der Waals surface area (Å²) in [6.45, 7) is 15.0. The minimum Gasteiger partial charge on any atom is -0.444 e. The number of aromatic nitrogens is 1. The number of amides is 1. The first-order chi connectivity index (χ1) is 13.7. The van der Waals surface area contributed by atoms with Crippen LogP contribution in [-0.4, -0.2) is 34.0 Å². The van der Waals surface area contributed by atoms with Crippen LogP contribution in [0.5, 0.6) is 0 Å². The minimum absolute atomic E-state index is 0.115. The predicted molar refractivity (Wildman–Crippen MR) is 123 cm³/mol. The molecule has 30 heavy (non-hydrogen) atoms. The molecular weight excluding hydrogens is 448 g/mol. The third kappa shape index (κ3) is 6.49. The Hall–Kier alpha value is -2.02. The number of carbonyl (C=O) groups is 2. The molecule has 1 heterocycles. The Balaban J connectivity index is 2.29.